The third kappa shape index (κ3) is 4.38. The van der Waals surface area contributed by atoms with E-state index in [1.807, 2.05) is 43.5 Å². The lowest BCUT2D eigenvalue weighted by Crippen LogP contribution is -2.05. The first-order chi connectivity index (χ1) is 11.9. The standard InChI is InChI=1S/C19H19Cl2N3S/c1-12(2)24-19(25-17-9-14(20)8-15(21)10-17)18(13(3)23-24)11-16-6-4-5-7-22-16/h4-10,12H,11H2,1-3H3. The molecule has 3 rings (SSSR count). The van der Waals surface area contributed by atoms with Gasteiger partial charge in [0.25, 0.3) is 0 Å². The van der Waals surface area contributed by atoms with E-state index in [2.05, 4.69) is 23.5 Å². The van der Waals surface area contributed by atoms with Crippen LogP contribution < -0.4 is 0 Å². The molecule has 6 heteroatoms. The molecule has 0 saturated heterocycles. The molecule has 0 saturated carbocycles. The smallest absolute Gasteiger partial charge is 0.103 e. The summed E-state index contributed by atoms with van der Waals surface area (Å²) in [7, 11) is 0. The number of aromatic nitrogens is 3. The molecule has 0 aliphatic rings. The second kappa shape index (κ2) is 7.81. The van der Waals surface area contributed by atoms with Crippen LogP contribution in [0.2, 0.25) is 10.0 Å². The molecule has 0 unspecified atom stereocenters. The van der Waals surface area contributed by atoms with Crippen LogP contribution >= 0.6 is 35.0 Å². The van der Waals surface area contributed by atoms with Gasteiger partial charge in [0.05, 0.1) is 5.69 Å². The molecule has 0 amide bonds. The summed E-state index contributed by atoms with van der Waals surface area (Å²) in [6.45, 7) is 6.31. The highest BCUT2D eigenvalue weighted by molar-refractivity contribution is 7.99. The minimum Gasteiger partial charge on any atom is -0.261 e. The topological polar surface area (TPSA) is 30.7 Å². The molecule has 0 bridgehead atoms. The fourth-order valence-corrected chi connectivity index (χ4v) is 4.54. The predicted molar refractivity (Wildman–Crippen MR) is 105 cm³/mol. The van der Waals surface area contributed by atoms with E-state index < -0.39 is 0 Å². The van der Waals surface area contributed by atoms with Gasteiger partial charge in [0.1, 0.15) is 5.03 Å². The molecule has 3 nitrogen and oxygen atoms in total. The third-order valence-corrected chi connectivity index (χ3v) is 5.32. The number of halogens is 2. The summed E-state index contributed by atoms with van der Waals surface area (Å²) in [6, 6.07) is 11.8. The molecule has 25 heavy (non-hydrogen) atoms. The number of nitrogens with zero attached hydrogens (tertiary/aromatic N) is 3. The first kappa shape index (κ1) is 18.3. The van der Waals surface area contributed by atoms with Crippen molar-refractivity contribution in [3.05, 3.63) is 69.6 Å². The molecule has 2 heterocycles. The van der Waals surface area contributed by atoms with Gasteiger partial charge < -0.3 is 0 Å². The van der Waals surface area contributed by atoms with E-state index in [1.165, 1.54) is 5.56 Å². The lowest BCUT2D eigenvalue weighted by Gasteiger charge is -2.13. The molecule has 3 aromatic rings. The highest BCUT2D eigenvalue weighted by atomic mass is 35.5. The van der Waals surface area contributed by atoms with E-state index in [1.54, 1.807) is 17.8 Å². The molecule has 130 valence electrons. The molecular weight excluding hydrogens is 373 g/mol. The Morgan fingerprint density at radius 1 is 1.12 bits per heavy atom. The molecule has 0 aliphatic carbocycles. The molecule has 0 fully saturated rings. The van der Waals surface area contributed by atoms with Crippen LogP contribution in [0.5, 0.6) is 0 Å². The van der Waals surface area contributed by atoms with Gasteiger partial charge in [-0.05, 0) is 51.1 Å². The number of aryl methyl sites for hydroxylation is 1. The summed E-state index contributed by atoms with van der Waals surface area (Å²) in [5.41, 5.74) is 3.24. The van der Waals surface area contributed by atoms with E-state index in [9.17, 15) is 0 Å². The largest absolute Gasteiger partial charge is 0.261 e. The van der Waals surface area contributed by atoms with Crippen LogP contribution in [0.4, 0.5) is 0 Å². The summed E-state index contributed by atoms with van der Waals surface area (Å²) < 4.78 is 2.06. The fraction of sp³-hybridized carbons (Fsp3) is 0.263. The highest BCUT2D eigenvalue weighted by Crippen LogP contribution is 2.37. The molecule has 0 N–H and O–H groups in total. The van der Waals surface area contributed by atoms with Gasteiger partial charge in [-0.3, -0.25) is 9.67 Å². The average Bonchev–Trinajstić information content (AvgIpc) is 2.84. The van der Waals surface area contributed by atoms with Gasteiger partial charge >= 0.3 is 0 Å². The molecule has 0 atom stereocenters. The zero-order valence-corrected chi connectivity index (χ0v) is 16.7. The SMILES string of the molecule is Cc1nn(C(C)C)c(Sc2cc(Cl)cc(Cl)c2)c1Cc1ccccn1. The van der Waals surface area contributed by atoms with E-state index >= 15 is 0 Å². The van der Waals surface area contributed by atoms with Crippen LogP contribution in [-0.4, -0.2) is 14.8 Å². The Morgan fingerprint density at radius 2 is 1.84 bits per heavy atom. The summed E-state index contributed by atoms with van der Waals surface area (Å²) >= 11 is 14.0. The Morgan fingerprint density at radius 3 is 2.44 bits per heavy atom. The highest BCUT2D eigenvalue weighted by Gasteiger charge is 2.19. The molecular formula is C19H19Cl2N3S. The van der Waals surface area contributed by atoms with Crippen LogP contribution in [0, 0.1) is 6.92 Å². The predicted octanol–water partition coefficient (Wildman–Crippen LogP) is 6.22. The second-order valence-corrected chi connectivity index (χ2v) is 8.05. The zero-order chi connectivity index (χ0) is 18.0. The number of benzene rings is 1. The van der Waals surface area contributed by atoms with Crippen LogP contribution in [-0.2, 0) is 6.42 Å². The molecule has 0 aliphatic heterocycles. The van der Waals surface area contributed by atoms with E-state index in [0.29, 0.717) is 10.0 Å². The Balaban J connectivity index is 2.03. The van der Waals surface area contributed by atoms with Gasteiger partial charge in [0, 0.05) is 44.9 Å². The maximum Gasteiger partial charge on any atom is 0.103 e. The van der Waals surface area contributed by atoms with Crippen LogP contribution in [0.3, 0.4) is 0 Å². The third-order valence-electron chi connectivity index (χ3n) is 3.78. The summed E-state index contributed by atoms with van der Waals surface area (Å²) in [5.74, 6) is 0. The van der Waals surface area contributed by atoms with E-state index in [0.717, 1.165) is 27.7 Å². The fourth-order valence-electron chi connectivity index (χ4n) is 2.61. The van der Waals surface area contributed by atoms with Gasteiger partial charge in [-0.2, -0.15) is 5.10 Å². The van der Waals surface area contributed by atoms with Crippen molar-refractivity contribution >= 4 is 35.0 Å². The maximum absolute atomic E-state index is 6.16. The maximum atomic E-state index is 6.16. The van der Waals surface area contributed by atoms with Gasteiger partial charge in [-0.1, -0.05) is 41.0 Å². The van der Waals surface area contributed by atoms with E-state index in [4.69, 9.17) is 28.3 Å². The lowest BCUT2D eigenvalue weighted by atomic mass is 10.1. The summed E-state index contributed by atoms with van der Waals surface area (Å²) in [6.07, 6.45) is 2.57. The summed E-state index contributed by atoms with van der Waals surface area (Å²) in [5, 5.41) is 7.12. The van der Waals surface area contributed by atoms with Crippen molar-refractivity contribution in [2.45, 2.75) is 43.2 Å². The second-order valence-electron chi connectivity index (χ2n) is 6.11. The Hall–Kier alpha value is -1.49. The van der Waals surface area contributed by atoms with Crippen molar-refractivity contribution < 1.29 is 0 Å². The van der Waals surface area contributed by atoms with Crippen molar-refractivity contribution in [2.24, 2.45) is 0 Å². The van der Waals surface area contributed by atoms with Crippen LogP contribution in [0.25, 0.3) is 0 Å². The van der Waals surface area contributed by atoms with Crippen molar-refractivity contribution in [1.82, 2.24) is 14.8 Å². The minimum atomic E-state index is 0.258. The number of pyridine rings is 1. The summed E-state index contributed by atoms with van der Waals surface area (Å²) in [4.78, 5) is 5.46. The van der Waals surface area contributed by atoms with Gasteiger partial charge in [0.15, 0.2) is 0 Å². The lowest BCUT2D eigenvalue weighted by molar-refractivity contribution is 0.489. The Bertz CT molecular complexity index is 856. The number of hydrogen-bond donors (Lipinski definition) is 0. The van der Waals surface area contributed by atoms with Gasteiger partial charge in [-0.25, -0.2) is 0 Å². The van der Waals surface area contributed by atoms with Crippen molar-refractivity contribution in [1.29, 1.82) is 0 Å². The molecule has 0 radical (unpaired) electrons. The van der Waals surface area contributed by atoms with Crippen LogP contribution in [0.1, 0.15) is 36.8 Å². The Kier molecular flexibility index (Phi) is 5.72. The Labute approximate surface area is 162 Å². The number of hydrogen-bond acceptors (Lipinski definition) is 3. The zero-order valence-electron chi connectivity index (χ0n) is 14.3. The first-order valence-corrected chi connectivity index (χ1v) is 9.63. The quantitative estimate of drug-likeness (QED) is 0.517. The molecule has 0 spiro atoms. The molecule has 2 aromatic heterocycles. The van der Waals surface area contributed by atoms with Gasteiger partial charge in [0.2, 0.25) is 0 Å². The van der Waals surface area contributed by atoms with Crippen molar-refractivity contribution in [3.63, 3.8) is 0 Å². The van der Waals surface area contributed by atoms with Crippen molar-refractivity contribution in [3.8, 4) is 0 Å². The first-order valence-electron chi connectivity index (χ1n) is 8.06. The van der Waals surface area contributed by atoms with Crippen LogP contribution in [0.15, 0.2) is 52.5 Å². The average molecular weight is 392 g/mol. The number of rotatable bonds is 5. The minimum absolute atomic E-state index is 0.258. The normalized spacial score (nSPS) is 11.3. The van der Waals surface area contributed by atoms with Crippen molar-refractivity contribution in [2.75, 3.05) is 0 Å². The van der Waals surface area contributed by atoms with Gasteiger partial charge in [-0.15, -0.1) is 0 Å². The molecule has 1 aromatic carbocycles. The monoisotopic (exact) mass is 391 g/mol. The van der Waals surface area contributed by atoms with E-state index in [-0.39, 0.29) is 6.04 Å².